The van der Waals surface area contributed by atoms with Crippen LogP contribution in [0.25, 0.3) is 0 Å². The van der Waals surface area contributed by atoms with E-state index in [1.54, 1.807) is 24.7 Å². The Labute approximate surface area is 230 Å². The second kappa shape index (κ2) is 16.9. The number of anilines is 1. The Kier molecular flexibility index (Phi) is 16.0. The minimum atomic E-state index is -0.184. The molecule has 2 aromatic rings. The van der Waals surface area contributed by atoms with Crippen molar-refractivity contribution in [1.29, 1.82) is 0 Å². The molecule has 5 nitrogen and oxygen atoms in total. The predicted octanol–water partition coefficient (Wildman–Crippen LogP) is 2.84. The zero-order chi connectivity index (χ0) is 22.4. The van der Waals surface area contributed by atoms with Crippen molar-refractivity contribution in [2.75, 3.05) is 5.32 Å². The van der Waals surface area contributed by atoms with Crippen LogP contribution in [0, 0.1) is 20.0 Å². The maximum Gasteiger partial charge on any atom is 1.00 e. The molecule has 1 atom stereocenters. The van der Waals surface area contributed by atoms with Gasteiger partial charge in [0.25, 0.3) is 5.91 Å². The third-order valence-corrected chi connectivity index (χ3v) is 3.74. The summed E-state index contributed by atoms with van der Waals surface area (Å²) in [6, 6.07) is 9.48. The summed E-state index contributed by atoms with van der Waals surface area (Å²) in [5, 5.41) is 6.03. The fraction of sp³-hybridized carbons (Fsp3) is 0.280. The predicted molar refractivity (Wildman–Crippen MR) is 126 cm³/mol. The van der Waals surface area contributed by atoms with E-state index in [-0.39, 0.29) is 63.3 Å². The molecule has 0 aliphatic rings. The summed E-state index contributed by atoms with van der Waals surface area (Å²) in [7, 11) is 0. The monoisotopic (exact) mass is 443 g/mol. The van der Waals surface area contributed by atoms with Gasteiger partial charge in [-0.15, -0.1) is 11.9 Å². The van der Waals surface area contributed by atoms with E-state index in [1.165, 1.54) is 6.42 Å². The number of hydrogen-bond donors (Lipinski definition) is 2. The number of amides is 1. The minimum Gasteiger partial charge on any atom is -0.560 e. The summed E-state index contributed by atoms with van der Waals surface area (Å²) in [5.74, 6) is -0.184. The average Bonchev–Trinajstić information content (AvgIpc) is 2.72. The van der Waals surface area contributed by atoms with E-state index in [1.807, 2.05) is 57.2 Å². The largest absolute Gasteiger partial charge is 1.00 e. The number of aliphatic imine (C=N–C) groups is 1. The number of pyridine rings is 1. The molecule has 1 amide bonds. The van der Waals surface area contributed by atoms with Gasteiger partial charge in [-0.3, -0.25) is 9.78 Å². The minimum absolute atomic E-state index is 0. The van der Waals surface area contributed by atoms with Crippen molar-refractivity contribution in [3.05, 3.63) is 90.9 Å². The van der Waals surface area contributed by atoms with Crippen molar-refractivity contribution in [2.24, 2.45) is 4.99 Å². The zero-order valence-corrected chi connectivity index (χ0v) is 22.7. The van der Waals surface area contributed by atoms with Gasteiger partial charge in [-0.2, -0.15) is 12.2 Å². The van der Waals surface area contributed by atoms with Crippen molar-refractivity contribution >= 4 is 17.3 Å². The SMILES string of the molecule is CCC.[CH2-]C(/C=C\C)=NC=[C-]NC(C)c1cccc(NC(=O)c2cncc(C)c2)c1.[K+]. The first-order valence-electron chi connectivity index (χ1n) is 10.1. The molecule has 0 saturated carbocycles. The van der Waals surface area contributed by atoms with Gasteiger partial charge in [0.2, 0.25) is 0 Å². The maximum absolute atomic E-state index is 12.4. The van der Waals surface area contributed by atoms with Crippen LogP contribution in [0.1, 0.15) is 61.6 Å². The molecular weight excluding hydrogens is 411 g/mol. The second-order valence-electron chi connectivity index (χ2n) is 6.80. The molecule has 0 saturated heterocycles. The number of carbonyl (C=O) groups excluding carboxylic acids is 1. The molecule has 160 valence electrons. The maximum atomic E-state index is 12.4. The van der Waals surface area contributed by atoms with Gasteiger partial charge in [-0.1, -0.05) is 39.3 Å². The van der Waals surface area contributed by atoms with Crippen molar-refractivity contribution in [3.8, 4) is 0 Å². The van der Waals surface area contributed by atoms with Crippen molar-refractivity contribution in [2.45, 2.75) is 47.1 Å². The molecule has 0 aliphatic heterocycles. The molecule has 31 heavy (non-hydrogen) atoms. The Hall–Kier alpha value is -1.70. The van der Waals surface area contributed by atoms with Crippen LogP contribution in [0.2, 0.25) is 0 Å². The van der Waals surface area contributed by atoms with E-state index < -0.39 is 0 Å². The third kappa shape index (κ3) is 12.1. The number of aromatic nitrogens is 1. The van der Waals surface area contributed by atoms with Crippen LogP contribution in [-0.4, -0.2) is 16.6 Å². The number of aryl methyl sites for hydroxylation is 1. The second-order valence-corrected chi connectivity index (χ2v) is 6.80. The van der Waals surface area contributed by atoms with Crippen LogP contribution in [0.3, 0.4) is 0 Å². The Bertz CT molecular complexity index is 891. The van der Waals surface area contributed by atoms with Crippen LogP contribution < -0.4 is 62.0 Å². The van der Waals surface area contributed by atoms with Crippen molar-refractivity contribution < 1.29 is 56.2 Å². The van der Waals surface area contributed by atoms with Crippen molar-refractivity contribution in [1.82, 2.24) is 10.3 Å². The fourth-order valence-electron chi connectivity index (χ4n) is 2.36. The number of rotatable bonds is 7. The van der Waals surface area contributed by atoms with Gasteiger partial charge < -0.3 is 21.8 Å². The molecule has 1 unspecified atom stereocenters. The van der Waals surface area contributed by atoms with Gasteiger partial charge in [0.15, 0.2) is 0 Å². The topological polar surface area (TPSA) is 66.4 Å². The normalized spacial score (nSPS) is 12.0. The van der Waals surface area contributed by atoms with Crippen LogP contribution >= 0.6 is 0 Å². The summed E-state index contributed by atoms with van der Waals surface area (Å²) >= 11 is 0. The molecule has 0 fully saturated rings. The Morgan fingerprint density at radius 3 is 2.65 bits per heavy atom. The number of allylic oxidation sites excluding steroid dienone is 2. The molecule has 6 heteroatoms. The van der Waals surface area contributed by atoms with E-state index in [0.717, 1.165) is 16.8 Å². The number of carbonyl (C=O) groups is 1. The first-order valence-corrected chi connectivity index (χ1v) is 10.1. The molecule has 1 aromatic carbocycles. The number of hydrogen-bond acceptors (Lipinski definition) is 4. The summed E-state index contributed by atoms with van der Waals surface area (Å²) in [6.45, 7) is 13.9. The van der Waals surface area contributed by atoms with E-state index >= 15 is 0 Å². The smallest absolute Gasteiger partial charge is 0.560 e. The molecule has 2 rings (SSSR count). The fourth-order valence-corrected chi connectivity index (χ4v) is 2.36. The summed E-state index contributed by atoms with van der Waals surface area (Å²) < 4.78 is 0. The Morgan fingerprint density at radius 2 is 2.00 bits per heavy atom. The summed E-state index contributed by atoms with van der Waals surface area (Å²) in [4.78, 5) is 20.6. The van der Waals surface area contributed by atoms with Crippen LogP contribution in [0.15, 0.2) is 66.1 Å². The molecule has 0 bridgehead atoms. The van der Waals surface area contributed by atoms with Gasteiger partial charge in [0.05, 0.1) is 5.56 Å². The molecule has 1 heterocycles. The average molecular weight is 444 g/mol. The standard InChI is InChI=1S/C22H24N4O.C3H8.K/c1-5-7-17(3)24-10-11-25-18(4)19-8-6-9-21(13-19)26-22(27)20-12-16(2)14-23-15-20;1-3-2;/h5-10,12-15,18,25H,3H2,1-2,4H3,(H,26,27);3H2,1-2H3;/q-2;;+1/b7-5-,24-17?;;. The Balaban J connectivity index is 0.00000212. The molecule has 2 N–H and O–H groups in total. The van der Waals surface area contributed by atoms with E-state index in [9.17, 15) is 4.79 Å². The molecular formula is C25H32KN4O-. The number of benzene rings is 1. The molecule has 0 spiro atoms. The summed E-state index contributed by atoms with van der Waals surface area (Å²) in [5.41, 5.74) is 3.88. The quantitative estimate of drug-likeness (QED) is 0.299. The van der Waals surface area contributed by atoms with Gasteiger partial charge in [0.1, 0.15) is 0 Å². The Morgan fingerprint density at radius 1 is 1.29 bits per heavy atom. The van der Waals surface area contributed by atoms with Crippen LogP contribution in [-0.2, 0) is 0 Å². The molecule has 0 aliphatic carbocycles. The number of nitrogens with zero attached hydrogens (tertiary/aromatic N) is 2. The van der Waals surface area contributed by atoms with Crippen LogP contribution in [0.5, 0.6) is 0 Å². The van der Waals surface area contributed by atoms with E-state index in [2.05, 4.69) is 47.6 Å². The molecule has 1 aromatic heterocycles. The first kappa shape index (κ1) is 29.3. The zero-order valence-electron chi connectivity index (χ0n) is 19.6. The van der Waals surface area contributed by atoms with Crippen LogP contribution in [0.4, 0.5) is 5.69 Å². The summed E-state index contributed by atoms with van der Waals surface area (Å²) in [6.07, 6.45) is 12.7. The van der Waals surface area contributed by atoms with Gasteiger partial charge >= 0.3 is 51.4 Å². The first-order chi connectivity index (χ1) is 14.4. The van der Waals surface area contributed by atoms with Crippen molar-refractivity contribution in [3.63, 3.8) is 0 Å². The molecule has 0 radical (unpaired) electrons. The van der Waals surface area contributed by atoms with Gasteiger partial charge in [0, 0.05) is 24.1 Å². The van der Waals surface area contributed by atoms with E-state index in [0.29, 0.717) is 11.3 Å². The number of nitrogens with one attached hydrogen (secondary N) is 2. The van der Waals surface area contributed by atoms with E-state index in [4.69, 9.17) is 0 Å². The van der Waals surface area contributed by atoms with Gasteiger partial charge in [-0.05, 0) is 43.2 Å². The van der Waals surface area contributed by atoms with Gasteiger partial charge in [-0.25, -0.2) is 6.92 Å². The third-order valence-electron chi connectivity index (χ3n) is 3.74.